The second-order valence-electron chi connectivity index (χ2n) is 10.3. The van der Waals surface area contributed by atoms with Gasteiger partial charge in [0.25, 0.3) is 5.91 Å². The maximum Gasteiger partial charge on any atom is 0.321 e. The first-order valence-corrected chi connectivity index (χ1v) is 11.9. The van der Waals surface area contributed by atoms with E-state index in [1.54, 1.807) is 0 Å². The van der Waals surface area contributed by atoms with Crippen molar-refractivity contribution >= 4 is 23.8 Å². The Morgan fingerprint density at radius 1 is 0.968 bits per heavy atom. The first kappa shape index (κ1) is 22.1. The molecule has 5 saturated carbocycles. The van der Waals surface area contributed by atoms with Crippen LogP contribution in [-0.4, -0.2) is 42.5 Å². The molecule has 5 aliphatic carbocycles. The third kappa shape index (κ3) is 5.21. The van der Waals surface area contributed by atoms with Crippen molar-refractivity contribution in [2.24, 2.45) is 23.2 Å². The van der Waals surface area contributed by atoms with Crippen molar-refractivity contribution in [1.29, 1.82) is 0 Å². The van der Waals surface area contributed by atoms with E-state index in [1.165, 1.54) is 26.2 Å². The molecule has 5 aliphatic rings. The molecule has 0 aromatic heterocycles. The van der Waals surface area contributed by atoms with E-state index in [4.69, 9.17) is 4.74 Å². The highest BCUT2D eigenvalue weighted by atomic mass is 16.5. The van der Waals surface area contributed by atoms with E-state index in [-0.39, 0.29) is 30.3 Å². The average Bonchev–Trinajstić information content (AvgIpc) is 3.19. The molecule has 0 spiro atoms. The standard InChI is InChI=1S/C23H35N3O5/c1-14(20(28)26-22(30)25-18-4-2-3-5-18)31-19(27)6-7-24-21(29)23-11-15-8-16(12-23)10-17(9-15)13-23/h14-18H,2-13H2,1H3,(H,24,29)(H2,25,26,28,30)/t14-,15?,16?,17?,23?/m0/s1. The number of esters is 1. The molecule has 3 N–H and O–H groups in total. The van der Waals surface area contributed by atoms with Crippen LogP contribution >= 0.6 is 0 Å². The van der Waals surface area contributed by atoms with Crippen molar-refractivity contribution in [2.45, 2.75) is 89.7 Å². The molecular weight excluding hydrogens is 398 g/mol. The summed E-state index contributed by atoms with van der Waals surface area (Å²) in [5.74, 6) is 0.923. The maximum atomic E-state index is 12.9. The molecule has 172 valence electrons. The summed E-state index contributed by atoms with van der Waals surface area (Å²) in [5, 5.41) is 7.93. The van der Waals surface area contributed by atoms with Gasteiger partial charge in [-0.3, -0.25) is 19.7 Å². The van der Waals surface area contributed by atoms with Crippen molar-refractivity contribution in [1.82, 2.24) is 16.0 Å². The fourth-order valence-electron chi connectivity index (χ4n) is 6.67. The Kier molecular flexibility index (Phi) is 6.53. The first-order chi connectivity index (χ1) is 14.8. The molecule has 0 saturated heterocycles. The van der Waals surface area contributed by atoms with Gasteiger partial charge in [0.05, 0.1) is 6.42 Å². The number of carbonyl (C=O) groups excluding carboxylic acids is 4. The van der Waals surface area contributed by atoms with Crippen LogP contribution in [0.1, 0.15) is 77.6 Å². The van der Waals surface area contributed by atoms with E-state index in [2.05, 4.69) is 16.0 Å². The quantitative estimate of drug-likeness (QED) is 0.534. The summed E-state index contributed by atoms with van der Waals surface area (Å²) >= 11 is 0. The molecule has 0 aliphatic heterocycles. The van der Waals surface area contributed by atoms with Gasteiger partial charge in [-0.05, 0) is 76.0 Å². The zero-order valence-corrected chi connectivity index (χ0v) is 18.4. The van der Waals surface area contributed by atoms with Crippen molar-refractivity contribution in [3.63, 3.8) is 0 Å². The molecule has 5 rings (SSSR count). The third-order valence-electron chi connectivity index (χ3n) is 7.74. The van der Waals surface area contributed by atoms with Crippen molar-refractivity contribution in [3.05, 3.63) is 0 Å². The molecule has 31 heavy (non-hydrogen) atoms. The monoisotopic (exact) mass is 433 g/mol. The molecule has 0 unspecified atom stereocenters. The highest BCUT2D eigenvalue weighted by Crippen LogP contribution is 2.60. The van der Waals surface area contributed by atoms with Crippen molar-refractivity contribution in [3.8, 4) is 0 Å². The fourth-order valence-corrected chi connectivity index (χ4v) is 6.67. The molecule has 0 aromatic carbocycles. The average molecular weight is 434 g/mol. The molecule has 8 nitrogen and oxygen atoms in total. The zero-order valence-electron chi connectivity index (χ0n) is 18.4. The van der Waals surface area contributed by atoms with Gasteiger partial charge in [-0.15, -0.1) is 0 Å². The first-order valence-electron chi connectivity index (χ1n) is 11.9. The van der Waals surface area contributed by atoms with Gasteiger partial charge in [-0.1, -0.05) is 12.8 Å². The second kappa shape index (κ2) is 9.17. The number of hydrogen-bond acceptors (Lipinski definition) is 5. The number of hydrogen-bond donors (Lipinski definition) is 3. The van der Waals surface area contributed by atoms with Crippen LogP contribution < -0.4 is 16.0 Å². The summed E-state index contributed by atoms with van der Waals surface area (Å²) < 4.78 is 5.13. The van der Waals surface area contributed by atoms with Gasteiger partial charge < -0.3 is 15.4 Å². The summed E-state index contributed by atoms with van der Waals surface area (Å²) in [6, 6.07) is -0.453. The normalized spacial score (nSPS) is 32.4. The van der Waals surface area contributed by atoms with Gasteiger partial charge in [0, 0.05) is 18.0 Å². The predicted octanol–water partition coefficient (Wildman–Crippen LogP) is 2.41. The summed E-state index contributed by atoms with van der Waals surface area (Å²) in [4.78, 5) is 49.0. The van der Waals surface area contributed by atoms with Crippen LogP contribution in [0.5, 0.6) is 0 Å². The number of rotatable bonds is 7. The summed E-state index contributed by atoms with van der Waals surface area (Å²) in [6.07, 6.45) is 9.69. The minimum Gasteiger partial charge on any atom is -0.452 e. The smallest absolute Gasteiger partial charge is 0.321 e. The summed E-state index contributed by atoms with van der Waals surface area (Å²) in [5.41, 5.74) is -0.238. The Balaban J connectivity index is 1.15. The summed E-state index contributed by atoms with van der Waals surface area (Å²) in [6.45, 7) is 1.64. The maximum absolute atomic E-state index is 12.9. The molecule has 4 bridgehead atoms. The van der Waals surface area contributed by atoms with Crippen LogP contribution in [0.15, 0.2) is 0 Å². The van der Waals surface area contributed by atoms with E-state index in [0.717, 1.165) is 44.9 Å². The lowest BCUT2D eigenvalue weighted by Crippen LogP contribution is -2.53. The van der Waals surface area contributed by atoms with Crippen LogP contribution in [0.2, 0.25) is 0 Å². The Morgan fingerprint density at radius 2 is 1.55 bits per heavy atom. The molecule has 1 atom stereocenters. The number of imide groups is 1. The van der Waals surface area contributed by atoms with Crippen molar-refractivity contribution < 1.29 is 23.9 Å². The van der Waals surface area contributed by atoms with Crippen LogP contribution in [0, 0.1) is 23.2 Å². The minimum absolute atomic E-state index is 0.00396. The number of amides is 4. The molecule has 0 radical (unpaired) electrons. The predicted molar refractivity (Wildman–Crippen MR) is 113 cm³/mol. The highest BCUT2D eigenvalue weighted by Gasteiger charge is 2.54. The van der Waals surface area contributed by atoms with E-state index in [0.29, 0.717) is 17.8 Å². The number of ether oxygens (including phenoxy) is 1. The Labute approximate surface area is 183 Å². The van der Waals surface area contributed by atoms with Crippen LogP contribution in [-0.2, 0) is 19.1 Å². The van der Waals surface area contributed by atoms with Gasteiger partial charge in [0.15, 0.2) is 6.10 Å². The lowest BCUT2D eigenvalue weighted by molar-refractivity contribution is -0.154. The fraction of sp³-hybridized carbons (Fsp3) is 0.826. The largest absolute Gasteiger partial charge is 0.452 e. The van der Waals surface area contributed by atoms with E-state index < -0.39 is 24.0 Å². The Hall–Kier alpha value is -2.12. The van der Waals surface area contributed by atoms with Gasteiger partial charge in [-0.25, -0.2) is 4.79 Å². The van der Waals surface area contributed by atoms with Crippen molar-refractivity contribution in [2.75, 3.05) is 6.54 Å². The van der Waals surface area contributed by atoms with Crippen LogP contribution in [0.4, 0.5) is 4.79 Å². The minimum atomic E-state index is -1.07. The van der Waals surface area contributed by atoms with Gasteiger partial charge in [0.1, 0.15) is 0 Å². The van der Waals surface area contributed by atoms with Gasteiger partial charge >= 0.3 is 12.0 Å². The topological polar surface area (TPSA) is 114 Å². The SMILES string of the molecule is C[C@H](OC(=O)CCNC(=O)C12CC3CC(CC(C3)C1)C2)C(=O)NC(=O)NC1CCCC1. The molecule has 0 aromatic rings. The van der Waals surface area contributed by atoms with Gasteiger partial charge in [0.2, 0.25) is 5.91 Å². The zero-order chi connectivity index (χ0) is 22.0. The van der Waals surface area contributed by atoms with E-state index in [1.807, 2.05) is 0 Å². The summed E-state index contributed by atoms with van der Waals surface area (Å²) in [7, 11) is 0. The van der Waals surface area contributed by atoms with Gasteiger partial charge in [-0.2, -0.15) is 0 Å². The van der Waals surface area contributed by atoms with Crippen LogP contribution in [0.25, 0.3) is 0 Å². The highest BCUT2D eigenvalue weighted by molar-refractivity contribution is 5.97. The van der Waals surface area contributed by atoms with Crippen LogP contribution in [0.3, 0.4) is 0 Å². The molecular formula is C23H35N3O5. The number of carbonyl (C=O) groups is 4. The Morgan fingerprint density at radius 3 is 2.13 bits per heavy atom. The lowest BCUT2D eigenvalue weighted by atomic mass is 9.49. The molecule has 0 heterocycles. The van der Waals surface area contributed by atoms with E-state index >= 15 is 0 Å². The molecule has 8 heteroatoms. The number of nitrogens with one attached hydrogen (secondary N) is 3. The molecule has 5 fully saturated rings. The Bertz CT molecular complexity index is 695. The van der Waals surface area contributed by atoms with E-state index in [9.17, 15) is 19.2 Å². The lowest BCUT2D eigenvalue weighted by Gasteiger charge is -2.55. The second-order valence-corrected chi connectivity index (χ2v) is 10.3. The number of urea groups is 1. The molecule has 4 amide bonds. The third-order valence-corrected chi connectivity index (χ3v) is 7.74.